The third-order valence-corrected chi connectivity index (χ3v) is 5.45. The number of rotatable bonds is 10. The Hall–Kier alpha value is -2.83. The van der Waals surface area contributed by atoms with E-state index in [9.17, 15) is 9.59 Å². The Bertz CT molecular complexity index is 921. The molecule has 156 valence electrons. The zero-order valence-electron chi connectivity index (χ0n) is 16.3. The van der Waals surface area contributed by atoms with Crippen molar-refractivity contribution in [3.8, 4) is 11.1 Å². The van der Waals surface area contributed by atoms with E-state index in [1.165, 1.54) is 22.3 Å². The van der Waals surface area contributed by atoms with Crippen LogP contribution in [0.2, 0.25) is 0 Å². The zero-order valence-corrected chi connectivity index (χ0v) is 18.0. The van der Waals surface area contributed by atoms with Crippen molar-refractivity contribution in [2.45, 2.75) is 25.2 Å². The largest absolute Gasteiger partial charge is 0.473 e. The minimum Gasteiger partial charge on any atom is -0.473 e. The van der Waals surface area contributed by atoms with Gasteiger partial charge in [-0.3, -0.25) is 0 Å². The van der Waals surface area contributed by atoms with Gasteiger partial charge in [0.2, 0.25) is 0 Å². The standard InChI is InChI=1S/C21H22N3O4PS/c25-20(26)19(23-24-29-30)11-5-6-12-22-21(27)28-13-18-16-9-3-1-7-14(16)15-8-2-4-10-17(15)18/h1-4,7-10,18H,5-6,11-13H2,(H,22,27)(H,24,30)(H,25,26)/p+1. The maximum Gasteiger partial charge on any atom is 0.407 e. The van der Waals surface area contributed by atoms with Crippen LogP contribution >= 0.6 is 7.51 Å². The number of fused-ring (bicyclic) bond motifs is 3. The number of carbonyl (C=O) groups is 2. The smallest absolute Gasteiger partial charge is 0.407 e. The maximum atomic E-state index is 12.1. The van der Waals surface area contributed by atoms with Crippen LogP contribution in [0, 0.1) is 0 Å². The fourth-order valence-electron chi connectivity index (χ4n) is 3.58. The molecule has 9 heteroatoms. The number of hydrazone groups is 1. The molecule has 0 radical (unpaired) electrons. The van der Waals surface area contributed by atoms with E-state index < -0.39 is 12.1 Å². The SMILES string of the molecule is O=C(NCCCCC(=[NH+]NP=S)C(=O)O)OCC1c2ccccc2-c2ccccc21. The molecular weight excluding hydrogens is 421 g/mol. The Kier molecular flexibility index (Phi) is 7.88. The number of alkyl carbamates (subject to hydrolysis) is 1. The molecule has 2 aromatic rings. The number of unbranched alkanes of at least 4 members (excludes halogenated alkanes) is 1. The number of amides is 1. The average Bonchev–Trinajstić information content (AvgIpc) is 3.07. The average molecular weight is 444 g/mol. The molecule has 0 aliphatic heterocycles. The lowest BCUT2D eigenvalue weighted by Gasteiger charge is -2.14. The third kappa shape index (κ3) is 5.40. The van der Waals surface area contributed by atoms with Crippen molar-refractivity contribution in [2.24, 2.45) is 0 Å². The summed E-state index contributed by atoms with van der Waals surface area (Å²) in [7, 11) is 0.428. The van der Waals surface area contributed by atoms with Crippen molar-refractivity contribution >= 4 is 37.1 Å². The molecule has 0 saturated carbocycles. The van der Waals surface area contributed by atoms with Crippen LogP contribution in [0.3, 0.4) is 0 Å². The molecule has 0 spiro atoms. The number of hydrogen-bond acceptors (Lipinski definition) is 4. The highest BCUT2D eigenvalue weighted by atomic mass is 32.4. The van der Waals surface area contributed by atoms with Gasteiger partial charge in [0.25, 0.3) is 5.71 Å². The van der Waals surface area contributed by atoms with Crippen molar-refractivity contribution in [3.63, 3.8) is 0 Å². The number of carbonyl (C=O) groups excluding carboxylic acids is 1. The number of benzene rings is 2. The molecule has 0 bridgehead atoms. The summed E-state index contributed by atoms with van der Waals surface area (Å²) >= 11 is 4.68. The molecule has 0 saturated heterocycles. The van der Waals surface area contributed by atoms with E-state index in [-0.39, 0.29) is 18.2 Å². The summed E-state index contributed by atoms with van der Waals surface area (Å²) in [6.45, 7) is 0.684. The summed E-state index contributed by atoms with van der Waals surface area (Å²) in [6, 6.07) is 16.4. The van der Waals surface area contributed by atoms with Gasteiger partial charge in [0.1, 0.15) is 6.61 Å². The summed E-state index contributed by atoms with van der Waals surface area (Å²) in [5, 5.41) is 17.0. The number of aliphatic carboxylic acids is 1. The zero-order chi connectivity index (χ0) is 21.3. The van der Waals surface area contributed by atoms with Gasteiger partial charge in [0.15, 0.2) is 7.51 Å². The van der Waals surface area contributed by atoms with Gasteiger partial charge in [-0.25, -0.2) is 9.59 Å². The molecule has 0 fully saturated rings. The molecule has 3 rings (SSSR count). The van der Waals surface area contributed by atoms with Crippen molar-refractivity contribution in [2.75, 3.05) is 13.2 Å². The van der Waals surface area contributed by atoms with E-state index in [4.69, 9.17) is 9.84 Å². The van der Waals surface area contributed by atoms with Crippen LogP contribution in [0.5, 0.6) is 0 Å². The number of ether oxygens (including phenoxy) is 1. The van der Waals surface area contributed by atoms with Crippen molar-refractivity contribution in [1.29, 1.82) is 0 Å². The van der Waals surface area contributed by atoms with E-state index >= 15 is 0 Å². The molecule has 7 nitrogen and oxygen atoms in total. The molecule has 1 amide bonds. The van der Waals surface area contributed by atoms with Gasteiger partial charge in [0, 0.05) is 18.9 Å². The Morgan fingerprint density at radius 3 is 2.30 bits per heavy atom. The highest BCUT2D eigenvalue weighted by Gasteiger charge is 2.28. The lowest BCUT2D eigenvalue weighted by molar-refractivity contribution is -0.497. The number of carboxylic acid groups (broad SMARTS) is 1. The Morgan fingerprint density at radius 2 is 1.70 bits per heavy atom. The van der Waals surface area contributed by atoms with Gasteiger partial charge in [-0.15, -0.1) is 10.3 Å². The first-order valence-electron chi connectivity index (χ1n) is 9.63. The van der Waals surface area contributed by atoms with Gasteiger partial charge in [-0.05, 0) is 46.9 Å². The molecular formula is C21H23N3O4PS+. The monoisotopic (exact) mass is 444 g/mol. The second-order valence-corrected chi connectivity index (χ2v) is 7.78. The Labute approximate surface area is 181 Å². The van der Waals surface area contributed by atoms with Crippen LogP contribution in [-0.2, 0) is 21.3 Å². The predicted octanol–water partition coefficient (Wildman–Crippen LogP) is 2.13. The van der Waals surface area contributed by atoms with Crippen LogP contribution in [-0.4, -0.2) is 36.0 Å². The van der Waals surface area contributed by atoms with Gasteiger partial charge in [-0.1, -0.05) is 48.5 Å². The van der Waals surface area contributed by atoms with Crippen molar-refractivity contribution < 1.29 is 24.5 Å². The highest BCUT2D eigenvalue weighted by molar-refractivity contribution is 7.95. The minimum atomic E-state index is -1.02. The summed E-state index contributed by atoms with van der Waals surface area (Å²) in [6.07, 6.45) is 1.12. The third-order valence-electron chi connectivity index (χ3n) is 4.98. The Balaban J connectivity index is 1.44. The quantitative estimate of drug-likeness (QED) is 0.194. The first-order valence-corrected chi connectivity index (χ1v) is 11.5. The van der Waals surface area contributed by atoms with Crippen LogP contribution in [0.1, 0.15) is 36.3 Å². The molecule has 2 aromatic carbocycles. The fourth-order valence-corrected chi connectivity index (χ4v) is 3.90. The minimum absolute atomic E-state index is 0.0260. The molecule has 0 atom stereocenters. The molecule has 1 aliphatic carbocycles. The first kappa shape index (κ1) is 21.9. The maximum absolute atomic E-state index is 12.1. The van der Waals surface area contributed by atoms with Crippen LogP contribution < -0.4 is 15.6 Å². The highest BCUT2D eigenvalue weighted by Crippen LogP contribution is 2.44. The topological polar surface area (TPSA) is 102 Å². The van der Waals surface area contributed by atoms with Crippen LogP contribution in [0.15, 0.2) is 48.5 Å². The van der Waals surface area contributed by atoms with Crippen molar-refractivity contribution in [1.82, 2.24) is 10.5 Å². The molecule has 1 aliphatic rings. The van der Waals surface area contributed by atoms with E-state index in [1.807, 2.05) is 24.3 Å². The van der Waals surface area contributed by atoms with E-state index in [0.29, 0.717) is 33.3 Å². The van der Waals surface area contributed by atoms with Gasteiger partial charge >= 0.3 is 12.1 Å². The van der Waals surface area contributed by atoms with Crippen LogP contribution in [0.4, 0.5) is 4.79 Å². The van der Waals surface area contributed by atoms with Gasteiger partial charge in [-0.2, -0.15) is 0 Å². The van der Waals surface area contributed by atoms with E-state index in [1.54, 1.807) is 0 Å². The number of hydrazine groups is 1. The van der Waals surface area contributed by atoms with Gasteiger partial charge in [0.05, 0.1) is 0 Å². The number of carboxylic acids is 1. The molecule has 0 unspecified atom stereocenters. The van der Waals surface area contributed by atoms with E-state index in [0.717, 1.165) is 0 Å². The summed E-state index contributed by atoms with van der Waals surface area (Å²) in [5.41, 5.74) is 4.86. The number of hydrogen-bond donors (Lipinski definition) is 4. The van der Waals surface area contributed by atoms with Crippen LogP contribution in [0.25, 0.3) is 11.1 Å². The second kappa shape index (κ2) is 10.8. The molecule has 30 heavy (non-hydrogen) atoms. The fraction of sp³-hybridized carbons (Fsp3) is 0.286. The lowest BCUT2D eigenvalue weighted by Crippen LogP contribution is -2.81. The predicted molar refractivity (Wildman–Crippen MR) is 118 cm³/mol. The normalized spacial score (nSPS) is 12.9. The first-order chi connectivity index (χ1) is 14.6. The molecule has 0 heterocycles. The Morgan fingerprint density at radius 1 is 1.07 bits per heavy atom. The molecule has 0 aromatic heterocycles. The summed E-state index contributed by atoms with van der Waals surface area (Å²) in [5.74, 6) is -0.997. The second-order valence-electron chi connectivity index (χ2n) is 6.82. The lowest BCUT2D eigenvalue weighted by atomic mass is 9.98. The number of nitrogens with one attached hydrogen (secondary N) is 3. The van der Waals surface area contributed by atoms with Crippen molar-refractivity contribution in [3.05, 3.63) is 59.7 Å². The van der Waals surface area contributed by atoms with Gasteiger partial charge < -0.3 is 15.2 Å². The summed E-state index contributed by atoms with van der Waals surface area (Å²) in [4.78, 5) is 23.2. The molecule has 4 N–H and O–H groups in total. The van der Waals surface area contributed by atoms with E-state index in [2.05, 4.69) is 51.7 Å². The summed E-state index contributed by atoms with van der Waals surface area (Å²) < 4.78 is 5.47.